The van der Waals surface area contributed by atoms with Crippen molar-refractivity contribution in [2.75, 3.05) is 19.6 Å². The lowest BCUT2D eigenvalue weighted by molar-refractivity contribution is -0.121. The molecule has 0 spiro atoms. The second kappa shape index (κ2) is 11.6. The molecule has 1 aliphatic heterocycles. The molecule has 5 rings (SSSR count). The molecule has 192 valence electrons. The van der Waals surface area contributed by atoms with Crippen LogP contribution in [0.3, 0.4) is 0 Å². The van der Waals surface area contributed by atoms with Crippen molar-refractivity contribution in [1.29, 1.82) is 0 Å². The van der Waals surface area contributed by atoms with Crippen molar-refractivity contribution in [2.24, 2.45) is 5.92 Å². The highest BCUT2D eigenvalue weighted by Gasteiger charge is 2.24. The number of aryl methyl sites for hydroxylation is 1. The third-order valence-corrected chi connectivity index (χ3v) is 7.41. The maximum Gasteiger partial charge on any atom is 0.220 e. The lowest BCUT2D eigenvalue weighted by atomic mass is 9.87. The highest BCUT2D eigenvalue weighted by atomic mass is 19.2. The van der Waals surface area contributed by atoms with Crippen LogP contribution in [0, 0.1) is 12.8 Å². The Hall–Kier alpha value is -3.58. The van der Waals surface area contributed by atoms with Crippen LogP contribution in [0.25, 0.3) is 11.0 Å². The summed E-state index contributed by atoms with van der Waals surface area (Å²) in [6.45, 7) is 4.37. The first-order valence-electron chi connectivity index (χ1n) is 13.1. The highest BCUT2D eigenvalue weighted by Crippen LogP contribution is 2.34. The Balaban J connectivity index is 1.39. The standard InChI is InChI=1S/C30H34FN5O/c1-22-6-5-9-25(16-22)26(17-29(37)33-13-10-23-11-14-36(31)15-12-23)28-20-35(19-24-7-3-2-4-8-24)30-27(28)18-32-21-34-30/h2-9,16,18,20-21,23,26H,10-15,17,19H2,1H3,(H,33,37). The molecule has 1 aliphatic rings. The number of rotatable bonds is 9. The van der Waals surface area contributed by atoms with E-state index in [0.717, 1.165) is 52.1 Å². The molecular weight excluding hydrogens is 465 g/mol. The molecule has 1 atom stereocenters. The molecule has 0 radical (unpaired) electrons. The van der Waals surface area contributed by atoms with E-state index in [1.165, 1.54) is 5.56 Å². The normalized spacial score (nSPS) is 15.6. The van der Waals surface area contributed by atoms with Gasteiger partial charge in [0, 0.05) is 56.3 Å². The van der Waals surface area contributed by atoms with E-state index in [2.05, 4.69) is 63.3 Å². The zero-order valence-electron chi connectivity index (χ0n) is 21.3. The summed E-state index contributed by atoms with van der Waals surface area (Å²) >= 11 is 0. The Morgan fingerprint density at radius 2 is 1.95 bits per heavy atom. The summed E-state index contributed by atoms with van der Waals surface area (Å²) in [5.41, 5.74) is 5.38. The fraction of sp³-hybridized carbons (Fsp3) is 0.367. The number of aromatic nitrogens is 3. The first-order chi connectivity index (χ1) is 18.1. The number of hydrogen-bond donors (Lipinski definition) is 1. The monoisotopic (exact) mass is 499 g/mol. The molecule has 2 aromatic heterocycles. The molecule has 0 saturated carbocycles. The summed E-state index contributed by atoms with van der Waals surface area (Å²) in [4.78, 5) is 22.1. The largest absolute Gasteiger partial charge is 0.356 e. The molecular formula is C30H34FN5O. The van der Waals surface area contributed by atoms with Crippen LogP contribution in [-0.4, -0.2) is 45.2 Å². The van der Waals surface area contributed by atoms with Crippen molar-refractivity contribution in [3.8, 4) is 0 Å². The van der Waals surface area contributed by atoms with E-state index in [1.807, 2.05) is 30.5 Å². The minimum Gasteiger partial charge on any atom is -0.356 e. The van der Waals surface area contributed by atoms with E-state index < -0.39 is 0 Å². The van der Waals surface area contributed by atoms with Crippen LogP contribution in [0.15, 0.2) is 73.3 Å². The predicted octanol–water partition coefficient (Wildman–Crippen LogP) is 5.41. The molecule has 1 unspecified atom stereocenters. The van der Waals surface area contributed by atoms with Crippen molar-refractivity contribution in [1.82, 2.24) is 25.0 Å². The lowest BCUT2D eigenvalue weighted by Crippen LogP contribution is -2.31. The Morgan fingerprint density at radius 1 is 1.14 bits per heavy atom. The van der Waals surface area contributed by atoms with Crippen molar-refractivity contribution in [3.63, 3.8) is 0 Å². The number of nitrogens with zero attached hydrogens (tertiary/aromatic N) is 4. The number of benzene rings is 2. The first-order valence-corrected chi connectivity index (χ1v) is 13.1. The van der Waals surface area contributed by atoms with Crippen LogP contribution >= 0.6 is 0 Å². The van der Waals surface area contributed by atoms with Crippen LogP contribution < -0.4 is 5.32 Å². The number of nitrogens with one attached hydrogen (secondary N) is 1. The van der Waals surface area contributed by atoms with E-state index in [4.69, 9.17) is 0 Å². The van der Waals surface area contributed by atoms with Crippen LogP contribution in [0.1, 0.15) is 53.9 Å². The number of carbonyl (C=O) groups excluding carboxylic acids is 1. The summed E-state index contributed by atoms with van der Waals surface area (Å²) in [7, 11) is 0. The molecule has 1 N–H and O–H groups in total. The molecule has 37 heavy (non-hydrogen) atoms. The van der Waals surface area contributed by atoms with Gasteiger partial charge in [0.1, 0.15) is 12.0 Å². The molecule has 4 aromatic rings. The maximum atomic E-state index is 13.3. The number of halogens is 1. The zero-order chi connectivity index (χ0) is 25.6. The number of hydrogen-bond acceptors (Lipinski definition) is 4. The Labute approximate surface area is 217 Å². The lowest BCUT2D eigenvalue weighted by Gasteiger charge is -2.25. The Kier molecular flexibility index (Phi) is 7.90. The van der Waals surface area contributed by atoms with Gasteiger partial charge in [0.2, 0.25) is 5.91 Å². The van der Waals surface area contributed by atoms with E-state index in [1.54, 1.807) is 6.33 Å². The zero-order valence-corrected chi connectivity index (χ0v) is 21.3. The number of carbonyl (C=O) groups is 1. The average molecular weight is 500 g/mol. The second-order valence-corrected chi connectivity index (χ2v) is 10.1. The number of fused-ring (bicyclic) bond motifs is 1. The minimum atomic E-state index is -0.125. The summed E-state index contributed by atoms with van der Waals surface area (Å²) in [6, 6.07) is 18.7. The Morgan fingerprint density at radius 3 is 2.73 bits per heavy atom. The molecule has 7 heteroatoms. The van der Waals surface area contributed by atoms with Crippen molar-refractivity contribution < 1.29 is 9.28 Å². The van der Waals surface area contributed by atoms with Gasteiger partial charge in [-0.05, 0) is 48.8 Å². The van der Waals surface area contributed by atoms with Crippen LogP contribution in [0.2, 0.25) is 0 Å². The fourth-order valence-electron chi connectivity index (χ4n) is 5.39. The van der Waals surface area contributed by atoms with Gasteiger partial charge in [-0.15, -0.1) is 9.60 Å². The Bertz CT molecular complexity index is 1330. The van der Waals surface area contributed by atoms with Gasteiger partial charge in [-0.1, -0.05) is 60.2 Å². The predicted molar refractivity (Wildman–Crippen MR) is 144 cm³/mol. The molecule has 1 amide bonds. The summed E-state index contributed by atoms with van der Waals surface area (Å²) in [5.74, 6) is 0.364. The maximum absolute atomic E-state index is 13.3. The van der Waals surface area contributed by atoms with E-state index in [-0.39, 0.29) is 11.8 Å². The topological polar surface area (TPSA) is 63.1 Å². The van der Waals surface area contributed by atoms with E-state index in [0.29, 0.717) is 38.5 Å². The van der Waals surface area contributed by atoms with Crippen molar-refractivity contribution in [2.45, 2.75) is 45.1 Å². The van der Waals surface area contributed by atoms with E-state index >= 15 is 0 Å². The second-order valence-electron chi connectivity index (χ2n) is 10.1. The third kappa shape index (κ3) is 6.23. The number of piperidine rings is 1. The molecule has 0 aliphatic carbocycles. The quantitative estimate of drug-likeness (QED) is 0.313. The summed E-state index contributed by atoms with van der Waals surface area (Å²) in [6.07, 6.45) is 8.49. The fourth-order valence-corrected chi connectivity index (χ4v) is 5.39. The SMILES string of the molecule is Cc1cccc(C(CC(=O)NCCC2CCN(F)CC2)c2cn(Cc3ccccc3)c3ncncc23)c1. The van der Waals surface area contributed by atoms with Crippen molar-refractivity contribution >= 4 is 16.9 Å². The van der Waals surface area contributed by atoms with Crippen molar-refractivity contribution in [3.05, 3.63) is 95.6 Å². The summed E-state index contributed by atoms with van der Waals surface area (Å²) < 4.78 is 15.4. The van der Waals surface area contributed by atoms with Crippen LogP contribution in [0.4, 0.5) is 4.48 Å². The van der Waals surface area contributed by atoms with E-state index in [9.17, 15) is 9.28 Å². The average Bonchev–Trinajstić information content (AvgIpc) is 3.27. The van der Waals surface area contributed by atoms with Gasteiger partial charge in [-0.25, -0.2) is 9.97 Å². The molecule has 1 fully saturated rings. The minimum absolute atomic E-state index is 0.0234. The smallest absolute Gasteiger partial charge is 0.220 e. The molecule has 2 aromatic carbocycles. The van der Waals surface area contributed by atoms with Crippen LogP contribution in [0.5, 0.6) is 0 Å². The van der Waals surface area contributed by atoms with Gasteiger partial charge >= 0.3 is 0 Å². The summed E-state index contributed by atoms with van der Waals surface area (Å²) in [5, 5.41) is 4.99. The van der Waals surface area contributed by atoms with Gasteiger partial charge < -0.3 is 9.88 Å². The molecule has 3 heterocycles. The number of amides is 1. The molecule has 0 bridgehead atoms. The van der Waals surface area contributed by atoms with Gasteiger partial charge in [-0.3, -0.25) is 4.79 Å². The van der Waals surface area contributed by atoms with Gasteiger partial charge in [0.15, 0.2) is 0 Å². The van der Waals surface area contributed by atoms with Gasteiger partial charge in [0.25, 0.3) is 0 Å². The first kappa shape index (κ1) is 25.1. The third-order valence-electron chi connectivity index (χ3n) is 7.41. The van der Waals surface area contributed by atoms with Gasteiger partial charge in [0.05, 0.1) is 0 Å². The molecule has 6 nitrogen and oxygen atoms in total. The van der Waals surface area contributed by atoms with Crippen LogP contribution in [-0.2, 0) is 11.3 Å². The van der Waals surface area contributed by atoms with Gasteiger partial charge in [-0.2, -0.15) is 0 Å². The molecule has 1 saturated heterocycles. The highest BCUT2D eigenvalue weighted by molar-refractivity contribution is 5.83.